The molecule has 0 bridgehead atoms. The summed E-state index contributed by atoms with van der Waals surface area (Å²) < 4.78 is 22.1. The van der Waals surface area contributed by atoms with Crippen LogP contribution in [-0.4, -0.2) is 20.0 Å². The fraction of sp³-hybridized carbons (Fsp3) is 1.00. The summed E-state index contributed by atoms with van der Waals surface area (Å²) in [6.45, 7) is 0.209. The van der Waals surface area contributed by atoms with E-state index in [2.05, 4.69) is 29.4 Å². The Morgan fingerprint density at radius 3 is 2.56 bits per heavy atom. The van der Waals surface area contributed by atoms with Crippen LogP contribution >= 0.6 is 25.3 Å². The van der Waals surface area contributed by atoms with E-state index in [9.17, 15) is 4.21 Å². The molecule has 9 heavy (non-hydrogen) atoms. The van der Waals surface area contributed by atoms with E-state index in [0.29, 0.717) is 6.42 Å². The van der Waals surface area contributed by atoms with Crippen molar-refractivity contribution in [3.63, 3.8) is 0 Å². The van der Waals surface area contributed by atoms with Crippen LogP contribution in [-0.2, 0) is 15.5 Å². The van der Waals surface area contributed by atoms with Crippen molar-refractivity contribution in [1.82, 2.24) is 0 Å². The predicted octanol–water partition coefficient (Wildman–Crippen LogP) is 0.716. The third-order valence-electron chi connectivity index (χ3n) is 0.560. The average Bonchev–Trinajstić information content (AvgIpc) is 1.63. The van der Waals surface area contributed by atoms with Gasteiger partial charge in [0, 0.05) is 4.58 Å². The Bertz CT molecular complexity index is 94.3. The van der Waals surface area contributed by atoms with E-state index < -0.39 is 11.4 Å². The molecule has 0 aliphatic heterocycles. The van der Waals surface area contributed by atoms with Gasteiger partial charge in [-0.3, -0.25) is 8.74 Å². The van der Waals surface area contributed by atoms with Crippen LogP contribution in [0.15, 0.2) is 0 Å². The molecular weight excluding hydrogens is 180 g/mol. The molecule has 0 rings (SSSR count). The van der Waals surface area contributed by atoms with Crippen LogP contribution in [0.2, 0.25) is 0 Å². The van der Waals surface area contributed by atoms with E-state index in [-0.39, 0.29) is 11.2 Å². The Balaban J connectivity index is 3.01. The van der Waals surface area contributed by atoms with Crippen LogP contribution in [0.4, 0.5) is 0 Å². The van der Waals surface area contributed by atoms with Crippen LogP contribution in [0.25, 0.3) is 0 Å². The van der Waals surface area contributed by atoms with E-state index in [0.717, 1.165) is 0 Å². The molecule has 0 aromatic carbocycles. The summed E-state index contributed by atoms with van der Waals surface area (Å²) in [6, 6.07) is 0. The highest BCUT2D eigenvalue weighted by atomic mass is 32.2. The highest BCUT2D eigenvalue weighted by Crippen LogP contribution is 2.04. The molecular formula is C3H8O3S3. The Kier molecular flexibility index (Phi) is 6.02. The minimum atomic E-state index is -2.15. The lowest BCUT2D eigenvalue weighted by Crippen LogP contribution is -2.00. The van der Waals surface area contributed by atoms with Crippen molar-refractivity contribution in [2.45, 2.75) is 11.0 Å². The standard InChI is InChI=1S/C3H8O3S3/c4-9(5)6-2-1-3(7)8/h3,7-8H,1-2H2,(H,4,5). The van der Waals surface area contributed by atoms with E-state index in [4.69, 9.17) is 4.55 Å². The van der Waals surface area contributed by atoms with Gasteiger partial charge in [-0.05, 0) is 6.42 Å². The third-order valence-corrected chi connectivity index (χ3v) is 1.44. The van der Waals surface area contributed by atoms with Gasteiger partial charge in [-0.1, -0.05) is 0 Å². The van der Waals surface area contributed by atoms with Gasteiger partial charge in [0.05, 0.1) is 6.61 Å². The molecule has 0 spiro atoms. The summed E-state index contributed by atoms with van der Waals surface area (Å²) in [4.78, 5) is 0. The maximum Gasteiger partial charge on any atom is 0.301 e. The molecule has 0 saturated heterocycles. The highest BCUT2D eigenvalue weighted by Gasteiger charge is 1.96. The first-order valence-corrected chi connectivity index (χ1v) is 4.29. The van der Waals surface area contributed by atoms with Crippen molar-refractivity contribution in [1.29, 1.82) is 0 Å². The molecule has 0 aliphatic carbocycles. The molecule has 1 unspecified atom stereocenters. The second-order valence-corrected chi connectivity index (χ2v) is 3.63. The fourth-order valence-electron chi connectivity index (χ4n) is 0.225. The van der Waals surface area contributed by atoms with Crippen molar-refractivity contribution in [2.75, 3.05) is 6.61 Å². The molecule has 1 N–H and O–H groups in total. The van der Waals surface area contributed by atoms with Crippen LogP contribution in [0.1, 0.15) is 6.42 Å². The zero-order valence-corrected chi connectivity index (χ0v) is 7.16. The summed E-state index contributed by atoms with van der Waals surface area (Å²) >= 11 is 5.66. The molecule has 3 nitrogen and oxygen atoms in total. The van der Waals surface area contributed by atoms with Crippen molar-refractivity contribution in [2.24, 2.45) is 0 Å². The number of rotatable bonds is 4. The highest BCUT2D eigenvalue weighted by molar-refractivity contribution is 7.99. The number of hydrogen-bond acceptors (Lipinski definition) is 4. The van der Waals surface area contributed by atoms with Crippen LogP contribution in [0.5, 0.6) is 0 Å². The SMILES string of the molecule is O=S(O)OCCC(S)S. The van der Waals surface area contributed by atoms with Gasteiger partial charge >= 0.3 is 11.4 Å². The number of hydrogen-bond donors (Lipinski definition) is 3. The summed E-state index contributed by atoms with van der Waals surface area (Å²) in [5.74, 6) is 0. The van der Waals surface area contributed by atoms with E-state index in [1.165, 1.54) is 0 Å². The second-order valence-electron chi connectivity index (χ2n) is 1.31. The quantitative estimate of drug-likeness (QED) is 0.346. The molecule has 0 heterocycles. The normalized spacial score (nSPS) is 14.2. The molecule has 0 amide bonds. The van der Waals surface area contributed by atoms with Gasteiger partial charge in [0.25, 0.3) is 0 Å². The zero-order valence-electron chi connectivity index (χ0n) is 4.56. The van der Waals surface area contributed by atoms with Crippen molar-refractivity contribution < 1.29 is 12.9 Å². The van der Waals surface area contributed by atoms with Gasteiger partial charge in [-0.15, -0.1) is 0 Å². The van der Waals surface area contributed by atoms with E-state index >= 15 is 0 Å². The molecule has 56 valence electrons. The summed E-state index contributed by atoms with van der Waals surface area (Å²) in [5, 5.41) is 0. The van der Waals surface area contributed by atoms with Crippen LogP contribution < -0.4 is 0 Å². The largest absolute Gasteiger partial charge is 0.301 e. The van der Waals surface area contributed by atoms with Gasteiger partial charge in [0.1, 0.15) is 0 Å². The molecule has 0 radical (unpaired) electrons. The molecule has 0 saturated carbocycles. The summed E-state index contributed by atoms with van der Waals surface area (Å²) in [5.41, 5.74) is 0. The molecule has 6 heteroatoms. The lowest BCUT2D eigenvalue weighted by atomic mass is 10.5. The third kappa shape index (κ3) is 8.77. The first-order valence-electron chi connectivity index (χ1n) is 2.23. The Labute approximate surface area is 67.5 Å². The topological polar surface area (TPSA) is 46.5 Å². The monoisotopic (exact) mass is 188 g/mol. The molecule has 1 atom stereocenters. The van der Waals surface area contributed by atoms with Gasteiger partial charge in [0.15, 0.2) is 0 Å². The summed E-state index contributed by atoms with van der Waals surface area (Å²) in [7, 11) is 0. The minimum absolute atomic E-state index is 0.0893. The lowest BCUT2D eigenvalue weighted by molar-refractivity contribution is 0.306. The van der Waals surface area contributed by atoms with Crippen molar-refractivity contribution in [3.05, 3.63) is 0 Å². The van der Waals surface area contributed by atoms with Gasteiger partial charge < -0.3 is 0 Å². The van der Waals surface area contributed by atoms with Crippen molar-refractivity contribution in [3.8, 4) is 0 Å². The molecule has 0 aromatic rings. The Morgan fingerprint density at radius 1 is 1.67 bits per heavy atom. The predicted molar refractivity (Wildman–Crippen MR) is 43.1 cm³/mol. The van der Waals surface area contributed by atoms with Gasteiger partial charge in [0.2, 0.25) is 0 Å². The lowest BCUT2D eigenvalue weighted by Gasteiger charge is -1.99. The van der Waals surface area contributed by atoms with Crippen LogP contribution in [0.3, 0.4) is 0 Å². The molecule has 0 fully saturated rings. The molecule has 0 aromatic heterocycles. The van der Waals surface area contributed by atoms with Gasteiger partial charge in [-0.2, -0.15) is 29.5 Å². The first kappa shape index (κ1) is 9.77. The van der Waals surface area contributed by atoms with E-state index in [1.807, 2.05) is 0 Å². The van der Waals surface area contributed by atoms with Crippen LogP contribution in [0, 0.1) is 0 Å². The number of thiol groups is 2. The second kappa shape index (κ2) is 5.55. The maximum atomic E-state index is 9.82. The molecule has 0 aliphatic rings. The average molecular weight is 188 g/mol. The fourth-order valence-corrected chi connectivity index (χ4v) is 0.674. The smallest absolute Gasteiger partial charge is 0.284 e. The summed E-state index contributed by atoms with van der Waals surface area (Å²) in [6.07, 6.45) is 0.554. The minimum Gasteiger partial charge on any atom is -0.284 e. The van der Waals surface area contributed by atoms with E-state index in [1.54, 1.807) is 0 Å². The maximum absolute atomic E-state index is 9.82. The first-order chi connectivity index (χ1) is 4.13. The van der Waals surface area contributed by atoms with Crippen molar-refractivity contribution >= 4 is 36.6 Å². The Hall–Kier alpha value is 0.770. The zero-order chi connectivity index (χ0) is 7.28. The Morgan fingerprint density at radius 2 is 2.22 bits per heavy atom. The van der Waals surface area contributed by atoms with Gasteiger partial charge in [-0.25, -0.2) is 0 Å².